The molecule has 2 aromatic carbocycles. The summed E-state index contributed by atoms with van der Waals surface area (Å²) in [5, 5.41) is 0. The van der Waals surface area contributed by atoms with Crippen molar-refractivity contribution in [2.24, 2.45) is 0 Å². The van der Waals surface area contributed by atoms with E-state index in [9.17, 15) is 9.18 Å². The molecule has 0 N–H and O–H groups in total. The zero-order valence-corrected chi connectivity index (χ0v) is 14.2. The van der Waals surface area contributed by atoms with Crippen molar-refractivity contribution in [1.82, 2.24) is 4.90 Å². The molecule has 0 spiro atoms. The lowest BCUT2D eigenvalue weighted by Gasteiger charge is -2.27. The standard InChI is InChI=1S/C18H17BrFNO2/c19-14-5-6-16(17(20)11-14)18(22)15-4-2-1-3-13(15)12-21-7-9-23-10-8-21/h1-6,11H,7-10,12H2. The van der Waals surface area contributed by atoms with Crippen LogP contribution in [0.1, 0.15) is 21.5 Å². The Morgan fingerprint density at radius 3 is 2.61 bits per heavy atom. The molecular formula is C18H17BrFNO2. The third kappa shape index (κ3) is 3.86. The van der Waals surface area contributed by atoms with Gasteiger partial charge in [0.15, 0.2) is 5.78 Å². The van der Waals surface area contributed by atoms with E-state index in [0.29, 0.717) is 29.8 Å². The van der Waals surface area contributed by atoms with Crippen LogP contribution in [0.3, 0.4) is 0 Å². The van der Waals surface area contributed by atoms with Gasteiger partial charge in [0.1, 0.15) is 5.82 Å². The van der Waals surface area contributed by atoms with Gasteiger partial charge < -0.3 is 4.74 Å². The van der Waals surface area contributed by atoms with Crippen LogP contribution in [-0.4, -0.2) is 37.0 Å². The predicted octanol–water partition coefficient (Wildman–Crippen LogP) is 3.65. The molecule has 3 nitrogen and oxygen atoms in total. The normalized spacial score (nSPS) is 15.6. The first-order valence-corrected chi connectivity index (χ1v) is 8.32. The number of carbonyl (C=O) groups excluding carboxylic acids is 1. The number of ether oxygens (including phenoxy) is 1. The van der Waals surface area contributed by atoms with E-state index in [1.54, 1.807) is 12.1 Å². The van der Waals surface area contributed by atoms with E-state index in [1.807, 2.05) is 18.2 Å². The lowest BCUT2D eigenvalue weighted by Crippen LogP contribution is -2.36. The van der Waals surface area contributed by atoms with Crippen LogP contribution in [0.5, 0.6) is 0 Å². The molecule has 1 fully saturated rings. The van der Waals surface area contributed by atoms with Crippen LogP contribution in [-0.2, 0) is 11.3 Å². The third-order valence-electron chi connectivity index (χ3n) is 3.94. The molecule has 1 saturated heterocycles. The Morgan fingerprint density at radius 1 is 1.13 bits per heavy atom. The average Bonchev–Trinajstić information content (AvgIpc) is 2.56. The van der Waals surface area contributed by atoms with Crippen LogP contribution in [0.25, 0.3) is 0 Å². The van der Waals surface area contributed by atoms with Gasteiger partial charge in [-0.25, -0.2) is 4.39 Å². The van der Waals surface area contributed by atoms with Crippen LogP contribution in [0.4, 0.5) is 4.39 Å². The van der Waals surface area contributed by atoms with Gasteiger partial charge in [-0.3, -0.25) is 9.69 Å². The Bertz CT molecular complexity index is 714. The van der Waals surface area contributed by atoms with Crippen LogP contribution in [0, 0.1) is 5.82 Å². The molecule has 0 aromatic heterocycles. The highest BCUT2D eigenvalue weighted by Crippen LogP contribution is 2.21. The van der Waals surface area contributed by atoms with Gasteiger partial charge in [-0.1, -0.05) is 40.2 Å². The van der Waals surface area contributed by atoms with Crippen molar-refractivity contribution in [2.75, 3.05) is 26.3 Å². The van der Waals surface area contributed by atoms with Crippen molar-refractivity contribution >= 4 is 21.7 Å². The van der Waals surface area contributed by atoms with Crippen LogP contribution >= 0.6 is 15.9 Å². The van der Waals surface area contributed by atoms with E-state index < -0.39 is 5.82 Å². The molecular weight excluding hydrogens is 361 g/mol. The van der Waals surface area contributed by atoms with Crippen molar-refractivity contribution in [3.05, 3.63) is 69.4 Å². The van der Waals surface area contributed by atoms with Gasteiger partial charge in [-0.05, 0) is 23.8 Å². The highest BCUT2D eigenvalue weighted by Gasteiger charge is 2.19. The number of benzene rings is 2. The molecule has 0 aliphatic carbocycles. The van der Waals surface area contributed by atoms with Crippen LogP contribution in [0.2, 0.25) is 0 Å². The average molecular weight is 378 g/mol. The Labute approximate surface area is 143 Å². The fourth-order valence-corrected chi connectivity index (χ4v) is 3.03. The van der Waals surface area contributed by atoms with E-state index in [1.165, 1.54) is 12.1 Å². The van der Waals surface area contributed by atoms with Crippen molar-refractivity contribution < 1.29 is 13.9 Å². The number of ketones is 1. The number of halogens is 2. The van der Waals surface area contributed by atoms with E-state index in [2.05, 4.69) is 20.8 Å². The van der Waals surface area contributed by atoms with Gasteiger partial charge in [0.2, 0.25) is 0 Å². The second-order valence-electron chi connectivity index (χ2n) is 5.50. The van der Waals surface area contributed by atoms with Gasteiger partial charge in [-0.2, -0.15) is 0 Å². The molecule has 0 radical (unpaired) electrons. The Hall–Kier alpha value is -1.56. The van der Waals surface area contributed by atoms with Crippen molar-refractivity contribution in [3.8, 4) is 0 Å². The third-order valence-corrected chi connectivity index (χ3v) is 4.43. The highest BCUT2D eigenvalue weighted by molar-refractivity contribution is 9.10. The molecule has 1 aliphatic rings. The Kier molecular flexibility index (Phi) is 5.20. The first-order chi connectivity index (χ1) is 11.1. The maximum atomic E-state index is 14.1. The lowest BCUT2D eigenvalue weighted by molar-refractivity contribution is 0.0341. The monoisotopic (exact) mass is 377 g/mol. The van der Waals surface area contributed by atoms with Gasteiger partial charge in [0, 0.05) is 29.7 Å². The number of hydrogen-bond acceptors (Lipinski definition) is 3. The maximum Gasteiger partial charge on any atom is 0.196 e. The minimum atomic E-state index is -0.509. The molecule has 120 valence electrons. The SMILES string of the molecule is O=C(c1ccc(Br)cc1F)c1ccccc1CN1CCOCC1. The molecule has 0 atom stereocenters. The van der Waals surface area contributed by atoms with E-state index >= 15 is 0 Å². The van der Waals surface area contributed by atoms with E-state index in [0.717, 1.165) is 18.7 Å². The van der Waals surface area contributed by atoms with E-state index in [4.69, 9.17) is 4.74 Å². The number of morpholine rings is 1. The summed E-state index contributed by atoms with van der Waals surface area (Å²) in [6.07, 6.45) is 0. The van der Waals surface area contributed by atoms with Crippen molar-refractivity contribution in [2.45, 2.75) is 6.54 Å². The predicted molar refractivity (Wildman–Crippen MR) is 90.1 cm³/mol. The molecule has 2 aromatic rings. The summed E-state index contributed by atoms with van der Waals surface area (Å²) in [6, 6.07) is 11.9. The fourth-order valence-electron chi connectivity index (χ4n) is 2.70. The molecule has 0 amide bonds. The van der Waals surface area contributed by atoms with Crippen molar-refractivity contribution in [3.63, 3.8) is 0 Å². The number of nitrogens with zero attached hydrogens (tertiary/aromatic N) is 1. The largest absolute Gasteiger partial charge is 0.379 e. The molecule has 0 bridgehead atoms. The molecule has 3 rings (SSSR count). The first kappa shape index (κ1) is 16.3. The summed E-state index contributed by atoms with van der Waals surface area (Å²) in [6.45, 7) is 3.77. The maximum absolute atomic E-state index is 14.1. The smallest absolute Gasteiger partial charge is 0.196 e. The molecule has 0 saturated carbocycles. The molecule has 1 heterocycles. The fraction of sp³-hybridized carbons (Fsp3) is 0.278. The summed E-state index contributed by atoms with van der Waals surface area (Å²) >= 11 is 3.21. The quantitative estimate of drug-likeness (QED) is 0.761. The second kappa shape index (κ2) is 7.34. The second-order valence-corrected chi connectivity index (χ2v) is 6.41. The van der Waals surface area contributed by atoms with Gasteiger partial charge in [0.25, 0.3) is 0 Å². The first-order valence-electron chi connectivity index (χ1n) is 7.53. The summed E-state index contributed by atoms with van der Waals surface area (Å²) in [5.74, 6) is -0.788. The van der Waals surface area contributed by atoms with Crippen LogP contribution < -0.4 is 0 Å². The number of rotatable bonds is 4. The highest BCUT2D eigenvalue weighted by atomic mass is 79.9. The summed E-state index contributed by atoms with van der Waals surface area (Å²) in [4.78, 5) is 15.0. The molecule has 0 unspecified atom stereocenters. The van der Waals surface area contributed by atoms with Gasteiger partial charge in [-0.15, -0.1) is 0 Å². The summed E-state index contributed by atoms with van der Waals surface area (Å²) in [5.41, 5.74) is 1.57. The van der Waals surface area contributed by atoms with Crippen molar-refractivity contribution in [1.29, 1.82) is 0 Å². The minimum Gasteiger partial charge on any atom is -0.379 e. The Balaban J connectivity index is 1.88. The molecule has 23 heavy (non-hydrogen) atoms. The zero-order valence-electron chi connectivity index (χ0n) is 12.6. The summed E-state index contributed by atoms with van der Waals surface area (Å²) < 4.78 is 20.1. The Morgan fingerprint density at radius 2 is 1.87 bits per heavy atom. The topological polar surface area (TPSA) is 29.5 Å². The molecule has 1 aliphatic heterocycles. The molecule has 5 heteroatoms. The number of carbonyl (C=O) groups is 1. The van der Waals surface area contributed by atoms with E-state index in [-0.39, 0.29) is 11.3 Å². The number of hydrogen-bond donors (Lipinski definition) is 0. The zero-order chi connectivity index (χ0) is 16.2. The minimum absolute atomic E-state index is 0.0997. The summed E-state index contributed by atoms with van der Waals surface area (Å²) in [7, 11) is 0. The lowest BCUT2D eigenvalue weighted by atomic mass is 9.97. The van der Waals surface area contributed by atoms with Crippen LogP contribution in [0.15, 0.2) is 46.9 Å². The van der Waals surface area contributed by atoms with Gasteiger partial charge in [0.05, 0.1) is 18.8 Å². The van der Waals surface area contributed by atoms with Gasteiger partial charge >= 0.3 is 0 Å².